The Morgan fingerprint density at radius 2 is 1.65 bits per heavy atom. The lowest BCUT2D eigenvalue weighted by atomic mass is 10.1. The summed E-state index contributed by atoms with van der Waals surface area (Å²) >= 11 is 6.21. The standard InChI is InChI=1S/C31H36ClN3O4S/c1-22-16-17-28(18-23(22)2)35(40(38,39)29-14-5-4-6-15-29)21-30(36)34(20-25-10-9-11-26(32)19-25)24(3)31(37)33-27-12-7-8-13-27/h4-6,9-11,14-19,24,27H,7-8,12-13,20-21H2,1-3H3,(H,33,37)/t24-/m0/s1. The van der Waals surface area contributed by atoms with Gasteiger partial charge in [0.25, 0.3) is 10.0 Å². The number of carbonyl (C=O) groups excluding carboxylic acids is 2. The van der Waals surface area contributed by atoms with Gasteiger partial charge in [0, 0.05) is 17.6 Å². The van der Waals surface area contributed by atoms with E-state index in [1.807, 2.05) is 26.0 Å². The zero-order valence-corrected chi connectivity index (χ0v) is 24.7. The highest BCUT2D eigenvalue weighted by Crippen LogP contribution is 2.27. The van der Waals surface area contributed by atoms with Crippen LogP contribution >= 0.6 is 11.6 Å². The van der Waals surface area contributed by atoms with Gasteiger partial charge in [-0.3, -0.25) is 13.9 Å². The summed E-state index contributed by atoms with van der Waals surface area (Å²) in [5, 5.41) is 3.59. The van der Waals surface area contributed by atoms with Crippen LogP contribution in [0, 0.1) is 13.8 Å². The first kappa shape index (κ1) is 29.6. The zero-order chi connectivity index (χ0) is 28.9. The van der Waals surface area contributed by atoms with Crippen LogP contribution in [-0.4, -0.2) is 43.8 Å². The number of nitrogens with zero attached hydrogens (tertiary/aromatic N) is 2. The molecule has 1 aliphatic carbocycles. The Bertz CT molecular complexity index is 1460. The smallest absolute Gasteiger partial charge is 0.264 e. The van der Waals surface area contributed by atoms with E-state index in [1.54, 1.807) is 55.5 Å². The van der Waals surface area contributed by atoms with Gasteiger partial charge in [0.1, 0.15) is 12.6 Å². The Kier molecular flexibility index (Phi) is 9.53. The highest BCUT2D eigenvalue weighted by atomic mass is 35.5. The lowest BCUT2D eigenvalue weighted by Gasteiger charge is -2.32. The van der Waals surface area contributed by atoms with Crippen LogP contribution in [0.1, 0.15) is 49.3 Å². The minimum absolute atomic E-state index is 0.0782. The molecular weight excluding hydrogens is 546 g/mol. The number of sulfonamides is 1. The summed E-state index contributed by atoms with van der Waals surface area (Å²) in [6.07, 6.45) is 3.95. The molecule has 0 unspecified atom stereocenters. The molecule has 2 amide bonds. The molecule has 1 fully saturated rings. The van der Waals surface area contributed by atoms with E-state index in [9.17, 15) is 18.0 Å². The van der Waals surface area contributed by atoms with Gasteiger partial charge in [-0.15, -0.1) is 0 Å². The second-order valence-corrected chi connectivity index (χ2v) is 12.7. The molecule has 0 spiro atoms. The highest BCUT2D eigenvalue weighted by Gasteiger charge is 2.33. The van der Waals surface area contributed by atoms with Crippen molar-refractivity contribution in [1.29, 1.82) is 0 Å². The predicted molar refractivity (Wildman–Crippen MR) is 159 cm³/mol. The Labute approximate surface area is 242 Å². The molecule has 1 aliphatic rings. The van der Waals surface area contributed by atoms with E-state index >= 15 is 0 Å². The molecule has 0 bridgehead atoms. The van der Waals surface area contributed by atoms with Gasteiger partial charge in [-0.25, -0.2) is 8.42 Å². The van der Waals surface area contributed by atoms with E-state index < -0.39 is 28.5 Å². The third-order valence-corrected chi connectivity index (χ3v) is 9.52. The summed E-state index contributed by atoms with van der Waals surface area (Å²) in [5.74, 6) is -0.752. The summed E-state index contributed by atoms with van der Waals surface area (Å²) in [6, 6.07) is 19.7. The molecule has 212 valence electrons. The maximum Gasteiger partial charge on any atom is 0.264 e. The van der Waals surface area contributed by atoms with Crippen LogP contribution in [0.25, 0.3) is 0 Å². The molecule has 0 radical (unpaired) electrons. The normalized spacial score (nSPS) is 14.5. The van der Waals surface area contributed by atoms with Gasteiger partial charge in [0.2, 0.25) is 11.8 Å². The van der Waals surface area contributed by atoms with Gasteiger partial charge < -0.3 is 10.2 Å². The Morgan fingerprint density at radius 3 is 2.30 bits per heavy atom. The largest absolute Gasteiger partial charge is 0.352 e. The summed E-state index contributed by atoms with van der Waals surface area (Å²) in [4.78, 5) is 28.8. The van der Waals surface area contributed by atoms with E-state index in [-0.39, 0.29) is 23.4 Å². The van der Waals surface area contributed by atoms with Gasteiger partial charge >= 0.3 is 0 Å². The predicted octanol–water partition coefficient (Wildman–Crippen LogP) is 5.63. The Morgan fingerprint density at radius 1 is 0.950 bits per heavy atom. The molecule has 0 aliphatic heterocycles. The van der Waals surface area contributed by atoms with Crippen molar-refractivity contribution in [3.8, 4) is 0 Å². The minimum Gasteiger partial charge on any atom is -0.352 e. The summed E-state index contributed by atoms with van der Waals surface area (Å²) in [7, 11) is -4.09. The van der Waals surface area contributed by atoms with Gasteiger partial charge in [-0.05, 0) is 86.7 Å². The van der Waals surface area contributed by atoms with E-state index in [0.717, 1.165) is 46.7 Å². The molecule has 4 rings (SSSR count). The van der Waals surface area contributed by atoms with Crippen molar-refractivity contribution in [2.75, 3.05) is 10.8 Å². The third kappa shape index (κ3) is 7.04. The average molecular weight is 582 g/mol. The fourth-order valence-corrected chi connectivity index (χ4v) is 6.58. The number of nitrogens with one attached hydrogen (secondary N) is 1. The first-order valence-electron chi connectivity index (χ1n) is 13.6. The maximum absolute atomic E-state index is 14.0. The maximum atomic E-state index is 14.0. The molecule has 1 saturated carbocycles. The van der Waals surface area contributed by atoms with Crippen molar-refractivity contribution in [2.45, 2.75) is 70.0 Å². The number of amides is 2. The van der Waals surface area contributed by atoms with Crippen molar-refractivity contribution in [2.24, 2.45) is 0 Å². The topological polar surface area (TPSA) is 86.8 Å². The van der Waals surface area contributed by atoms with E-state index in [1.165, 1.54) is 17.0 Å². The van der Waals surface area contributed by atoms with Crippen LogP contribution in [0.4, 0.5) is 5.69 Å². The molecule has 40 heavy (non-hydrogen) atoms. The number of carbonyl (C=O) groups is 2. The molecule has 7 nitrogen and oxygen atoms in total. The number of hydrogen-bond donors (Lipinski definition) is 1. The molecule has 1 N–H and O–H groups in total. The number of halogens is 1. The fraction of sp³-hybridized carbons (Fsp3) is 0.355. The quantitative estimate of drug-likeness (QED) is 0.336. The lowest BCUT2D eigenvalue weighted by Crippen LogP contribution is -2.52. The van der Waals surface area contributed by atoms with E-state index in [4.69, 9.17) is 11.6 Å². The van der Waals surface area contributed by atoms with Gasteiger partial charge in [-0.2, -0.15) is 0 Å². The van der Waals surface area contributed by atoms with Crippen LogP contribution in [0.3, 0.4) is 0 Å². The van der Waals surface area contributed by atoms with Crippen LogP contribution in [0.5, 0.6) is 0 Å². The van der Waals surface area contributed by atoms with Gasteiger partial charge in [-0.1, -0.05) is 60.8 Å². The van der Waals surface area contributed by atoms with Gasteiger partial charge in [0.05, 0.1) is 10.6 Å². The highest BCUT2D eigenvalue weighted by molar-refractivity contribution is 7.92. The number of aryl methyl sites for hydroxylation is 2. The van der Waals surface area contributed by atoms with Crippen LogP contribution in [0.15, 0.2) is 77.7 Å². The second kappa shape index (κ2) is 12.9. The van der Waals surface area contributed by atoms with Crippen molar-refractivity contribution >= 4 is 39.1 Å². The first-order valence-corrected chi connectivity index (χ1v) is 15.4. The molecular formula is C31H36ClN3O4S. The molecule has 0 heterocycles. The third-order valence-electron chi connectivity index (χ3n) is 7.50. The summed E-state index contributed by atoms with van der Waals surface area (Å²) in [5.41, 5.74) is 3.03. The van der Waals surface area contributed by atoms with Crippen molar-refractivity contribution in [3.63, 3.8) is 0 Å². The molecule has 0 aromatic heterocycles. The van der Waals surface area contributed by atoms with Gasteiger partial charge in [0.15, 0.2) is 0 Å². The van der Waals surface area contributed by atoms with Crippen molar-refractivity contribution in [1.82, 2.24) is 10.2 Å². The average Bonchev–Trinajstić information content (AvgIpc) is 3.45. The number of anilines is 1. The van der Waals surface area contributed by atoms with E-state index in [2.05, 4.69) is 5.32 Å². The lowest BCUT2D eigenvalue weighted by molar-refractivity contribution is -0.139. The fourth-order valence-electron chi connectivity index (χ4n) is 4.94. The summed E-state index contributed by atoms with van der Waals surface area (Å²) in [6.45, 7) is 5.15. The number of rotatable bonds is 10. The SMILES string of the molecule is Cc1ccc(N(CC(=O)N(Cc2cccc(Cl)c2)[C@@H](C)C(=O)NC2CCCC2)S(=O)(=O)c2ccccc2)cc1C. The monoisotopic (exact) mass is 581 g/mol. The van der Waals surface area contributed by atoms with Crippen molar-refractivity contribution < 1.29 is 18.0 Å². The summed E-state index contributed by atoms with van der Waals surface area (Å²) < 4.78 is 28.9. The molecule has 1 atom stereocenters. The van der Waals surface area contributed by atoms with Crippen molar-refractivity contribution in [3.05, 3.63) is 94.5 Å². The molecule has 3 aromatic rings. The van der Waals surface area contributed by atoms with Crippen LogP contribution in [-0.2, 0) is 26.2 Å². The molecule has 9 heteroatoms. The van der Waals surface area contributed by atoms with Crippen LogP contribution in [0.2, 0.25) is 5.02 Å². The Balaban J connectivity index is 1.69. The molecule has 0 saturated heterocycles. The number of hydrogen-bond acceptors (Lipinski definition) is 4. The zero-order valence-electron chi connectivity index (χ0n) is 23.1. The first-order chi connectivity index (χ1) is 19.1. The Hall–Kier alpha value is -3.36. The van der Waals surface area contributed by atoms with E-state index in [0.29, 0.717) is 10.7 Å². The minimum atomic E-state index is -4.09. The number of benzene rings is 3. The van der Waals surface area contributed by atoms with Crippen LogP contribution < -0.4 is 9.62 Å². The molecule has 3 aromatic carbocycles. The second-order valence-electron chi connectivity index (χ2n) is 10.4.